The lowest BCUT2D eigenvalue weighted by molar-refractivity contribution is 0.103. The minimum Gasteiger partial charge on any atom is -0.391 e. The molecule has 0 fully saturated rings. The molecule has 1 aromatic heterocycles. The normalized spacial score (nSPS) is 14.1. The van der Waals surface area contributed by atoms with Crippen molar-refractivity contribution in [3.05, 3.63) is 18.0 Å². The highest BCUT2D eigenvalue weighted by Gasteiger charge is 2.17. The number of aromatic nitrogens is 2. The van der Waals surface area contributed by atoms with Gasteiger partial charge in [0.05, 0.1) is 18.3 Å². The molecule has 6 heteroatoms. The van der Waals surface area contributed by atoms with Crippen LogP contribution in [0.2, 0.25) is 0 Å². The highest BCUT2D eigenvalue weighted by molar-refractivity contribution is 5.74. The molecule has 2 unspecified atom stereocenters. The van der Waals surface area contributed by atoms with E-state index in [0.29, 0.717) is 0 Å². The Labute approximate surface area is 120 Å². The number of hydrogen-bond donors (Lipinski definition) is 3. The average molecular weight is 282 g/mol. The monoisotopic (exact) mass is 282 g/mol. The predicted molar refractivity (Wildman–Crippen MR) is 78.2 cm³/mol. The highest BCUT2D eigenvalue weighted by Crippen LogP contribution is 2.12. The molecule has 20 heavy (non-hydrogen) atoms. The van der Waals surface area contributed by atoms with Gasteiger partial charge < -0.3 is 15.7 Å². The van der Waals surface area contributed by atoms with Gasteiger partial charge in [-0.3, -0.25) is 4.68 Å². The predicted octanol–water partition coefficient (Wildman–Crippen LogP) is 1.58. The van der Waals surface area contributed by atoms with Crippen molar-refractivity contribution in [3.8, 4) is 0 Å². The number of amides is 2. The van der Waals surface area contributed by atoms with Crippen molar-refractivity contribution in [3.63, 3.8) is 0 Å². The van der Waals surface area contributed by atoms with E-state index in [1.54, 1.807) is 10.9 Å². The third-order valence-corrected chi connectivity index (χ3v) is 3.64. The van der Waals surface area contributed by atoms with Gasteiger partial charge in [0, 0.05) is 25.4 Å². The van der Waals surface area contributed by atoms with E-state index < -0.39 is 6.10 Å². The number of hydrogen-bond acceptors (Lipinski definition) is 3. The molecular formula is C14H26N4O2. The summed E-state index contributed by atoms with van der Waals surface area (Å²) in [5.74, 6) is 0.228. The molecule has 0 aromatic carbocycles. The molecule has 2 amide bonds. The number of carbonyl (C=O) groups excluding carboxylic acids is 1. The topological polar surface area (TPSA) is 79.2 Å². The Bertz CT molecular complexity index is 415. The van der Waals surface area contributed by atoms with Gasteiger partial charge in [-0.25, -0.2) is 4.79 Å². The van der Waals surface area contributed by atoms with E-state index in [0.717, 1.165) is 18.4 Å². The molecule has 1 aromatic rings. The SMILES string of the molecule is CCC(CC)C(O)CNC(=O)NC(C)c1cnn(C)c1. The van der Waals surface area contributed by atoms with Crippen LogP contribution in [0.4, 0.5) is 4.79 Å². The molecule has 0 spiro atoms. The second kappa shape index (κ2) is 7.89. The van der Waals surface area contributed by atoms with Crippen LogP contribution in [0.1, 0.15) is 45.2 Å². The van der Waals surface area contributed by atoms with Crippen molar-refractivity contribution in [1.29, 1.82) is 0 Å². The molecule has 3 N–H and O–H groups in total. The molecule has 0 saturated carbocycles. The smallest absolute Gasteiger partial charge is 0.315 e. The van der Waals surface area contributed by atoms with Crippen LogP contribution in [-0.4, -0.2) is 33.6 Å². The maximum atomic E-state index is 11.8. The Kier molecular flexibility index (Phi) is 6.51. The van der Waals surface area contributed by atoms with E-state index in [2.05, 4.69) is 15.7 Å². The second-order valence-electron chi connectivity index (χ2n) is 5.17. The number of aryl methyl sites for hydroxylation is 1. The average Bonchev–Trinajstić information content (AvgIpc) is 2.84. The van der Waals surface area contributed by atoms with Gasteiger partial charge >= 0.3 is 6.03 Å². The van der Waals surface area contributed by atoms with Gasteiger partial charge in [-0.2, -0.15) is 5.10 Å². The molecule has 0 aliphatic rings. The molecule has 0 saturated heterocycles. The summed E-state index contributed by atoms with van der Waals surface area (Å²) in [5.41, 5.74) is 0.947. The molecule has 2 atom stereocenters. The lowest BCUT2D eigenvalue weighted by Gasteiger charge is -2.21. The first-order valence-electron chi connectivity index (χ1n) is 7.18. The summed E-state index contributed by atoms with van der Waals surface area (Å²) >= 11 is 0. The summed E-state index contributed by atoms with van der Waals surface area (Å²) in [6, 6.07) is -0.389. The fraction of sp³-hybridized carbons (Fsp3) is 0.714. The van der Waals surface area contributed by atoms with Crippen molar-refractivity contribution in [1.82, 2.24) is 20.4 Å². The Balaban J connectivity index is 2.36. The number of urea groups is 1. The highest BCUT2D eigenvalue weighted by atomic mass is 16.3. The molecule has 0 aliphatic heterocycles. The van der Waals surface area contributed by atoms with Crippen LogP contribution in [0.25, 0.3) is 0 Å². The van der Waals surface area contributed by atoms with Crippen LogP contribution in [0, 0.1) is 5.92 Å². The molecule has 1 rings (SSSR count). The molecule has 6 nitrogen and oxygen atoms in total. The van der Waals surface area contributed by atoms with Gasteiger partial charge in [0.2, 0.25) is 0 Å². The zero-order valence-electron chi connectivity index (χ0n) is 12.8. The van der Waals surface area contributed by atoms with Gasteiger partial charge in [0.15, 0.2) is 0 Å². The van der Waals surface area contributed by atoms with Gasteiger partial charge in [-0.1, -0.05) is 26.7 Å². The zero-order valence-corrected chi connectivity index (χ0v) is 12.8. The largest absolute Gasteiger partial charge is 0.391 e. The van der Waals surface area contributed by atoms with E-state index in [1.165, 1.54) is 0 Å². The van der Waals surface area contributed by atoms with E-state index in [-0.39, 0.29) is 24.5 Å². The second-order valence-corrected chi connectivity index (χ2v) is 5.17. The van der Waals surface area contributed by atoms with E-state index in [1.807, 2.05) is 34.0 Å². The lowest BCUT2D eigenvalue weighted by Crippen LogP contribution is -2.42. The molecular weight excluding hydrogens is 256 g/mol. The minimum atomic E-state index is -0.496. The fourth-order valence-electron chi connectivity index (χ4n) is 2.19. The maximum absolute atomic E-state index is 11.8. The van der Waals surface area contributed by atoms with Crippen LogP contribution in [-0.2, 0) is 7.05 Å². The Morgan fingerprint density at radius 3 is 2.60 bits per heavy atom. The van der Waals surface area contributed by atoms with Crippen LogP contribution in [0.15, 0.2) is 12.4 Å². The summed E-state index contributed by atoms with van der Waals surface area (Å²) < 4.78 is 1.70. The van der Waals surface area contributed by atoms with E-state index >= 15 is 0 Å². The number of rotatable bonds is 7. The van der Waals surface area contributed by atoms with Crippen molar-refractivity contribution in [2.24, 2.45) is 13.0 Å². The van der Waals surface area contributed by atoms with Crippen molar-refractivity contribution < 1.29 is 9.90 Å². The first kappa shape index (κ1) is 16.5. The first-order valence-corrected chi connectivity index (χ1v) is 7.18. The van der Waals surface area contributed by atoms with Crippen molar-refractivity contribution in [2.75, 3.05) is 6.54 Å². The summed E-state index contributed by atoms with van der Waals surface area (Å²) in [4.78, 5) is 11.8. The van der Waals surface area contributed by atoms with Crippen LogP contribution < -0.4 is 10.6 Å². The van der Waals surface area contributed by atoms with Gasteiger partial charge in [-0.05, 0) is 12.8 Å². The molecule has 114 valence electrons. The van der Waals surface area contributed by atoms with Crippen LogP contribution in [0.3, 0.4) is 0 Å². The number of aliphatic hydroxyl groups excluding tert-OH is 1. The molecule has 0 aliphatic carbocycles. The van der Waals surface area contributed by atoms with Crippen molar-refractivity contribution >= 4 is 6.03 Å². The fourth-order valence-corrected chi connectivity index (χ4v) is 2.19. The first-order chi connectivity index (χ1) is 9.47. The van der Waals surface area contributed by atoms with Gasteiger partial charge in [-0.15, -0.1) is 0 Å². The van der Waals surface area contributed by atoms with Crippen LogP contribution in [0.5, 0.6) is 0 Å². The number of aliphatic hydroxyl groups is 1. The van der Waals surface area contributed by atoms with Crippen LogP contribution >= 0.6 is 0 Å². The quantitative estimate of drug-likeness (QED) is 0.710. The Hall–Kier alpha value is -1.56. The standard InChI is InChI=1S/C14H26N4O2/c1-5-11(6-2)13(19)8-15-14(20)17-10(3)12-7-16-18(4)9-12/h7,9-11,13,19H,5-6,8H2,1-4H3,(H2,15,17,20). The molecule has 0 bridgehead atoms. The third kappa shape index (κ3) is 4.85. The third-order valence-electron chi connectivity index (χ3n) is 3.64. The summed E-state index contributed by atoms with van der Waals surface area (Å²) in [6.45, 7) is 6.26. The number of nitrogens with one attached hydrogen (secondary N) is 2. The van der Waals surface area contributed by atoms with Gasteiger partial charge in [0.25, 0.3) is 0 Å². The minimum absolute atomic E-state index is 0.117. The summed E-state index contributed by atoms with van der Waals surface area (Å²) in [6.07, 6.45) is 4.91. The Morgan fingerprint density at radius 2 is 2.10 bits per heavy atom. The maximum Gasteiger partial charge on any atom is 0.315 e. The van der Waals surface area contributed by atoms with Crippen molar-refractivity contribution in [2.45, 2.75) is 45.8 Å². The number of nitrogens with zero attached hydrogens (tertiary/aromatic N) is 2. The zero-order chi connectivity index (χ0) is 15.1. The number of carbonyl (C=O) groups is 1. The summed E-state index contributed by atoms with van der Waals surface area (Å²) in [5, 5.41) is 19.6. The van der Waals surface area contributed by atoms with E-state index in [9.17, 15) is 9.90 Å². The Morgan fingerprint density at radius 1 is 1.45 bits per heavy atom. The van der Waals surface area contributed by atoms with Gasteiger partial charge in [0.1, 0.15) is 0 Å². The molecule has 1 heterocycles. The van der Waals surface area contributed by atoms with E-state index in [4.69, 9.17) is 0 Å². The lowest BCUT2D eigenvalue weighted by atomic mass is 9.97. The summed E-state index contributed by atoms with van der Waals surface area (Å²) in [7, 11) is 1.84. The molecule has 0 radical (unpaired) electrons.